The number of anilines is 1. The summed E-state index contributed by atoms with van der Waals surface area (Å²) in [6, 6.07) is 4.23. The molecule has 3 atom stereocenters. The van der Waals surface area contributed by atoms with Crippen LogP contribution in [0.15, 0.2) is 18.2 Å². The fourth-order valence-corrected chi connectivity index (χ4v) is 5.49. The quantitative estimate of drug-likeness (QED) is 0.101. The van der Waals surface area contributed by atoms with E-state index in [1.165, 1.54) is 13.0 Å². The van der Waals surface area contributed by atoms with Gasteiger partial charge in [-0.3, -0.25) is 9.00 Å². The molecule has 0 radical (unpaired) electrons. The van der Waals surface area contributed by atoms with Gasteiger partial charge in [-0.1, -0.05) is 41.3 Å². The second kappa shape index (κ2) is 16.9. The van der Waals surface area contributed by atoms with Gasteiger partial charge in [0.25, 0.3) is 5.91 Å². The Hall–Kier alpha value is -1.81. The maximum absolute atomic E-state index is 13.2. The lowest BCUT2D eigenvalue weighted by Gasteiger charge is -2.28. The second-order valence-electron chi connectivity index (χ2n) is 10.6. The maximum Gasteiger partial charge on any atom is 0.417 e. The number of aliphatic hydroxyl groups is 1. The lowest BCUT2D eigenvalue weighted by molar-refractivity contribution is -0.156. The van der Waals surface area contributed by atoms with Crippen molar-refractivity contribution < 1.29 is 44.8 Å². The largest absolute Gasteiger partial charge is 0.417 e. The molecule has 240 valence electrons. The topological polar surface area (TPSA) is 93.4 Å². The van der Waals surface area contributed by atoms with Gasteiger partial charge < -0.3 is 15.3 Å². The highest BCUT2D eigenvalue weighted by molar-refractivity contribution is 7.84. The third-order valence-electron chi connectivity index (χ3n) is 6.53. The molecule has 1 aromatic rings. The molecule has 42 heavy (non-hydrogen) atoms. The van der Waals surface area contributed by atoms with Crippen molar-refractivity contribution >= 4 is 31.6 Å². The SMILES string of the molecule is CN(CCCCCCCCCS(=O)CCCC(F)(F)C(F)(F)P)CC(C)(O)C(=O)Nc1ccc(C#N)c(C(F)(F)F)c1. The molecule has 0 saturated heterocycles. The number of alkyl halides is 7. The van der Waals surface area contributed by atoms with E-state index in [4.69, 9.17) is 5.26 Å². The molecule has 1 rings (SSSR count). The first kappa shape index (κ1) is 38.2. The molecule has 3 unspecified atom stereocenters. The molecule has 0 heterocycles. The van der Waals surface area contributed by atoms with Gasteiger partial charge >= 0.3 is 17.8 Å². The number of hydrogen-bond acceptors (Lipinski definition) is 5. The average molecular weight is 650 g/mol. The lowest BCUT2D eigenvalue weighted by atomic mass is 10.0. The highest BCUT2D eigenvalue weighted by atomic mass is 32.2. The van der Waals surface area contributed by atoms with Gasteiger partial charge in [0.15, 0.2) is 5.60 Å². The zero-order chi connectivity index (χ0) is 32.2. The van der Waals surface area contributed by atoms with Crippen LogP contribution in [0.1, 0.15) is 75.8 Å². The molecule has 0 spiro atoms. The third-order valence-corrected chi connectivity index (χ3v) is 8.44. The maximum atomic E-state index is 13.2. The molecular weight excluding hydrogens is 610 g/mol. The first-order valence-electron chi connectivity index (χ1n) is 13.5. The molecule has 0 saturated carbocycles. The van der Waals surface area contributed by atoms with Crippen LogP contribution in [-0.4, -0.2) is 69.0 Å². The van der Waals surface area contributed by atoms with Crippen molar-refractivity contribution in [1.82, 2.24) is 4.90 Å². The number of halogens is 7. The zero-order valence-corrected chi connectivity index (χ0v) is 25.7. The molecule has 0 aromatic heterocycles. The standard InChI is InChI=1S/C27H39F7N3O3PS/c1-24(39,23(38)36-21-12-11-20(18-35)22(17-21)26(30,31)32)19-37(2)14-8-6-4-3-5-7-9-15-42(40)16-10-13-25(28,29)27(33,34)41/h11-12,17,39H,3-10,13-16,19,41H2,1-2H3,(H,36,38). The van der Waals surface area contributed by atoms with Crippen LogP contribution in [0.4, 0.5) is 36.4 Å². The predicted molar refractivity (Wildman–Crippen MR) is 152 cm³/mol. The van der Waals surface area contributed by atoms with Crippen molar-refractivity contribution in [3.05, 3.63) is 29.3 Å². The highest BCUT2D eigenvalue weighted by Gasteiger charge is 2.51. The summed E-state index contributed by atoms with van der Waals surface area (Å²) in [5.74, 6) is -4.71. The van der Waals surface area contributed by atoms with Crippen LogP contribution in [0, 0.1) is 11.3 Å². The van der Waals surface area contributed by atoms with Gasteiger partial charge in [0.05, 0.1) is 17.2 Å². The van der Waals surface area contributed by atoms with Gasteiger partial charge in [-0.25, -0.2) is 0 Å². The zero-order valence-electron chi connectivity index (χ0n) is 23.7. The molecule has 0 aliphatic carbocycles. The van der Waals surface area contributed by atoms with Gasteiger partial charge in [-0.2, -0.15) is 36.0 Å². The Morgan fingerprint density at radius 2 is 1.55 bits per heavy atom. The van der Waals surface area contributed by atoms with Crippen molar-refractivity contribution in [2.24, 2.45) is 0 Å². The number of nitrogens with zero attached hydrogens (tertiary/aromatic N) is 2. The summed E-state index contributed by atoms with van der Waals surface area (Å²) in [5.41, 5.74) is -8.01. The fraction of sp³-hybridized carbons (Fsp3) is 0.704. The second-order valence-corrected chi connectivity index (χ2v) is 13.0. The van der Waals surface area contributed by atoms with Crippen LogP contribution < -0.4 is 5.32 Å². The van der Waals surface area contributed by atoms with E-state index in [1.54, 1.807) is 11.9 Å². The molecule has 6 nitrogen and oxygen atoms in total. The molecule has 0 aliphatic rings. The van der Waals surface area contributed by atoms with E-state index in [-0.39, 0.29) is 24.4 Å². The summed E-state index contributed by atoms with van der Waals surface area (Å²) < 4.78 is 103. The molecule has 0 fully saturated rings. The van der Waals surface area contributed by atoms with Crippen LogP contribution in [0.3, 0.4) is 0 Å². The number of unbranched alkanes of at least 4 members (excludes halogenated alkanes) is 6. The number of rotatable bonds is 19. The number of benzene rings is 1. The summed E-state index contributed by atoms with van der Waals surface area (Å²) in [6.45, 7) is 1.77. The van der Waals surface area contributed by atoms with Gasteiger partial charge in [-0.15, -0.1) is 0 Å². The number of carbonyl (C=O) groups is 1. The van der Waals surface area contributed by atoms with E-state index >= 15 is 0 Å². The Kier molecular flexibility index (Phi) is 15.4. The van der Waals surface area contributed by atoms with Crippen molar-refractivity contribution in [3.63, 3.8) is 0 Å². The van der Waals surface area contributed by atoms with Gasteiger partial charge in [0, 0.05) is 41.0 Å². The smallest absolute Gasteiger partial charge is 0.379 e. The van der Waals surface area contributed by atoms with Crippen LogP contribution >= 0.6 is 9.24 Å². The van der Waals surface area contributed by atoms with Crippen molar-refractivity contribution in [2.45, 2.75) is 88.1 Å². The summed E-state index contributed by atoms with van der Waals surface area (Å²) in [6.07, 6.45) is -0.159. The minimum Gasteiger partial charge on any atom is -0.379 e. The minimum absolute atomic E-state index is 0.0349. The number of likely N-dealkylation sites (N-methyl/N-ethyl adjacent to an activating group) is 1. The molecule has 0 bridgehead atoms. The Balaban J connectivity index is 2.25. The number of amides is 1. The summed E-state index contributed by atoms with van der Waals surface area (Å²) in [5, 5.41) is 21.8. The van der Waals surface area contributed by atoms with Crippen LogP contribution in [0.2, 0.25) is 0 Å². The molecular formula is C27H39F7N3O3PS. The van der Waals surface area contributed by atoms with E-state index in [0.29, 0.717) is 24.8 Å². The van der Waals surface area contributed by atoms with Crippen LogP contribution in [0.5, 0.6) is 0 Å². The van der Waals surface area contributed by atoms with E-state index < -0.39 is 57.6 Å². The minimum atomic E-state index is -4.78. The van der Waals surface area contributed by atoms with Gasteiger partial charge in [0.1, 0.15) is 0 Å². The Morgan fingerprint density at radius 1 is 1.00 bits per heavy atom. The first-order valence-corrected chi connectivity index (χ1v) is 15.6. The summed E-state index contributed by atoms with van der Waals surface area (Å²) >= 11 is 0. The first-order chi connectivity index (χ1) is 19.3. The number of nitriles is 1. The Morgan fingerprint density at radius 3 is 2.10 bits per heavy atom. The molecule has 0 aliphatic heterocycles. The fourth-order valence-electron chi connectivity index (χ4n) is 4.15. The molecule has 15 heteroatoms. The normalized spacial score (nSPS) is 14.8. The Labute approximate surface area is 247 Å². The van der Waals surface area contributed by atoms with Gasteiger partial charge in [0.2, 0.25) is 0 Å². The molecule has 1 amide bonds. The molecule has 2 N–H and O–H groups in total. The number of carbonyl (C=O) groups excluding carboxylic acids is 1. The summed E-state index contributed by atoms with van der Waals surface area (Å²) in [7, 11) is 1.23. The Bertz CT molecular complexity index is 1080. The third kappa shape index (κ3) is 13.7. The van der Waals surface area contributed by atoms with E-state index in [0.717, 1.165) is 59.9 Å². The van der Waals surface area contributed by atoms with Crippen molar-refractivity contribution in [1.29, 1.82) is 5.26 Å². The highest BCUT2D eigenvalue weighted by Crippen LogP contribution is 2.42. The van der Waals surface area contributed by atoms with E-state index in [9.17, 15) is 44.8 Å². The monoisotopic (exact) mass is 649 g/mol. The molecule has 1 aromatic carbocycles. The summed E-state index contributed by atoms with van der Waals surface area (Å²) in [4.78, 5) is 14.3. The van der Waals surface area contributed by atoms with Crippen LogP contribution in [0.25, 0.3) is 0 Å². The van der Waals surface area contributed by atoms with E-state index in [1.807, 2.05) is 0 Å². The lowest BCUT2D eigenvalue weighted by Crippen LogP contribution is -2.48. The average Bonchev–Trinajstić information content (AvgIpc) is 2.86. The van der Waals surface area contributed by atoms with Crippen molar-refractivity contribution in [3.8, 4) is 6.07 Å². The predicted octanol–water partition coefficient (Wildman–Crippen LogP) is 6.56. The van der Waals surface area contributed by atoms with Crippen molar-refractivity contribution in [2.75, 3.05) is 37.0 Å². The van der Waals surface area contributed by atoms with Gasteiger partial charge in [-0.05, 0) is 58.0 Å². The van der Waals surface area contributed by atoms with E-state index in [2.05, 4.69) is 5.32 Å². The number of hydrogen-bond donors (Lipinski definition) is 2. The number of nitrogens with one attached hydrogen (secondary N) is 1. The van der Waals surface area contributed by atoms with Crippen LogP contribution in [-0.2, 0) is 21.8 Å².